The van der Waals surface area contributed by atoms with Crippen molar-refractivity contribution < 1.29 is 4.79 Å². The quantitative estimate of drug-likeness (QED) is 0.724. The molecular weight excluding hydrogens is 188 g/mol. The van der Waals surface area contributed by atoms with E-state index in [4.69, 9.17) is 0 Å². The van der Waals surface area contributed by atoms with Crippen LogP contribution >= 0.6 is 0 Å². The Hall–Kier alpha value is -0.570. The van der Waals surface area contributed by atoms with E-state index in [0.29, 0.717) is 18.0 Å². The second-order valence-corrected chi connectivity index (χ2v) is 5.07. The molecule has 1 aliphatic heterocycles. The molecule has 0 aromatic rings. The number of carbonyl (C=O) groups is 1. The van der Waals surface area contributed by atoms with E-state index in [1.54, 1.807) is 0 Å². The Labute approximate surface area is 92.0 Å². The van der Waals surface area contributed by atoms with Crippen molar-refractivity contribution >= 4 is 5.91 Å². The fourth-order valence-corrected chi connectivity index (χ4v) is 2.76. The first-order chi connectivity index (χ1) is 7.25. The van der Waals surface area contributed by atoms with Crippen LogP contribution in [0.3, 0.4) is 0 Å². The van der Waals surface area contributed by atoms with Crippen LogP contribution in [0.2, 0.25) is 0 Å². The van der Waals surface area contributed by atoms with Crippen molar-refractivity contribution in [3.8, 4) is 0 Å². The SMILES string of the molecule is CC1CC(C(=O)NC2CCCC2)CCN1. The maximum Gasteiger partial charge on any atom is 0.223 e. The zero-order chi connectivity index (χ0) is 10.7. The summed E-state index contributed by atoms with van der Waals surface area (Å²) in [5.74, 6) is 0.553. The second kappa shape index (κ2) is 4.97. The Bertz CT molecular complexity index is 224. The first-order valence-corrected chi connectivity index (χ1v) is 6.29. The molecule has 3 heteroatoms. The van der Waals surface area contributed by atoms with Gasteiger partial charge in [0.2, 0.25) is 5.91 Å². The van der Waals surface area contributed by atoms with Gasteiger partial charge < -0.3 is 10.6 Å². The summed E-state index contributed by atoms with van der Waals surface area (Å²) in [6.07, 6.45) is 6.95. The molecule has 0 radical (unpaired) electrons. The van der Waals surface area contributed by atoms with Crippen LogP contribution in [-0.2, 0) is 4.79 Å². The van der Waals surface area contributed by atoms with Gasteiger partial charge in [-0.15, -0.1) is 0 Å². The summed E-state index contributed by atoms with van der Waals surface area (Å²) in [6, 6.07) is 0.973. The highest BCUT2D eigenvalue weighted by Gasteiger charge is 2.26. The molecule has 1 amide bonds. The Kier molecular flexibility index (Phi) is 3.62. The van der Waals surface area contributed by atoms with Crippen molar-refractivity contribution in [1.29, 1.82) is 0 Å². The molecule has 0 spiro atoms. The summed E-state index contributed by atoms with van der Waals surface area (Å²) in [5, 5.41) is 6.58. The number of rotatable bonds is 2. The summed E-state index contributed by atoms with van der Waals surface area (Å²) in [5.41, 5.74) is 0. The van der Waals surface area contributed by atoms with Crippen molar-refractivity contribution in [2.45, 2.75) is 57.5 Å². The molecule has 1 saturated carbocycles. The number of carbonyl (C=O) groups excluding carboxylic acids is 1. The Morgan fingerprint density at radius 3 is 2.67 bits per heavy atom. The zero-order valence-electron chi connectivity index (χ0n) is 9.59. The Morgan fingerprint density at radius 2 is 2.00 bits per heavy atom. The number of nitrogens with one attached hydrogen (secondary N) is 2. The fraction of sp³-hybridized carbons (Fsp3) is 0.917. The van der Waals surface area contributed by atoms with Gasteiger partial charge in [-0.1, -0.05) is 12.8 Å². The third-order valence-electron chi connectivity index (χ3n) is 3.70. The van der Waals surface area contributed by atoms with Crippen LogP contribution in [0.1, 0.15) is 45.4 Å². The molecule has 2 aliphatic rings. The Morgan fingerprint density at radius 1 is 1.27 bits per heavy atom. The van der Waals surface area contributed by atoms with E-state index in [1.165, 1.54) is 25.7 Å². The predicted molar refractivity (Wildman–Crippen MR) is 60.6 cm³/mol. The van der Waals surface area contributed by atoms with Crippen LogP contribution in [0.4, 0.5) is 0 Å². The molecule has 0 aromatic heterocycles. The van der Waals surface area contributed by atoms with Crippen molar-refractivity contribution in [3.05, 3.63) is 0 Å². The minimum absolute atomic E-state index is 0.252. The molecular formula is C12H22N2O. The first kappa shape index (κ1) is 10.9. The van der Waals surface area contributed by atoms with E-state index in [2.05, 4.69) is 17.6 Å². The van der Waals surface area contributed by atoms with Gasteiger partial charge in [-0.05, 0) is 39.2 Å². The highest BCUT2D eigenvalue weighted by molar-refractivity contribution is 5.79. The van der Waals surface area contributed by atoms with Crippen molar-refractivity contribution in [3.63, 3.8) is 0 Å². The van der Waals surface area contributed by atoms with Crippen molar-refractivity contribution in [2.24, 2.45) is 5.92 Å². The van der Waals surface area contributed by atoms with E-state index in [1.807, 2.05) is 0 Å². The van der Waals surface area contributed by atoms with Gasteiger partial charge in [0, 0.05) is 18.0 Å². The summed E-state index contributed by atoms with van der Waals surface area (Å²) in [4.78, 5) is 12.0. The molecule has 2 unspecified atom stereocenters. The molecule has 2 rings (SSSR count). The van der Waals surface area contributed by atoms with Gasteiger partial charge in [0.25, 0.3) is 0 Å². The average Bonchev–Trinajstić information content (AvgIpc) is 2.70. The normalized spacial score (nSPS) is 32.9. The number of hydrogen-bond donors (Lipinski definition) is 2. The third kappa shape index (κ3) is 2.94. The number of piperidine rings is 1. The van der Waals surface area contributed by atoms with Crippen LogP contribution < -0.4 is 10.6 Å². The molecule has 1 saturated heterocycles. The van der Waals surface area contributed by atoms with Crippen molar-refractivity contribution in [1.82, 2.24) is 10.6 Å². The first-order valence-electron chi connectivity index (χ1n) is 6.29. The molecule has 1 heterocycles. The van der Waals surface area contributed by atoms with Crippen LogP contribution in [0.5, 0.6) is 0 Å². The lowest BCUT2D eigenvalue weighted by Gasteiger charge is -2.28. The maximum absolute atomic E-state index is 12.0. The standard InChI is InChI=1S/C12H22N2O/c1-9-8-10(6-7-13-9)12(15)14-11-4-2-3-5-11/h9-11,13H,2-8H2,1H3,(H,14,15). The van der Waals surface area contributed by atoms with Gasteiger partial charge in [-0.3, -0.25) is 4.79 Å². The molecule has 2 atom stereocenters. The highest BCUT2D eigenvalue weighted by atomic mass is 16.1. The summed E-state index contributed by atoms with van der Waals surface area (Å²) < 4.78 is 0. The minimum Gasteiger partial charge on any atom is -0.353 e. The lowest BCUT2D eigenvalue weighted by molar-refractivity contribution is -0.126. The Balaban J connectivity index is 1.78. The van der Waals surface area contributed by atoms with Crippen LogP contribution in [0.15, 0.2) is 0 Å². The van der Waals surface area contributed by atoms with E-state index >= 15 is 0 Å². The van der Waals surface area contributed by atoms with E-state index < -0.39 is 0 Å². The van der Waals surface area contributed by atoms with Gasteiger partial charge >= 0.3 is 0 Å². The molecule has 2 N–H and O–H groups in total. The largest absolute Gasteiger partial charge is 0.353 e. The van der Waals surface area contributed by atoms with Crippen molar-refractivity contribution in [2.75, 3.05) is 6.54 Å². The van der Waals surface area contributed by atoms with Crippen LogP contribution in [0.25, 0.3) is 0 Å². The monoisotopic (exact) mass is 210 g/mol. The molecule has 86 valence electrons. The van der Waals surface area contributed by atoms with Gasteiger partial charge in [0.05, 0.1) is 0 Å². The predicted octanol–water partition coefficient (Wildman–Crippen LogP) is 1.43. The lowest BCUT2D eigenvalue weighted by Crippen LogP contribution is -2.44. The van der Waals surface area contributed by atoms with E-state index in [-0.39, 0.29) is 5.92 Å². The summed E-state index contributed by atoms with van der Waals surface area (Å²) in [6.45, 7) is 3.15. The fourth-order valence-electron chi connectivity index (χ4n) is 2.76. The van der Waals surface area contributed by atoms with Crippen LogP contribution in [-0.4, -0.2) is 24.5 Å². The van der Waals surface area contributed by atoms with Gasteiger partial charge in [0.1, 0.15) is 0 Å². The molecule has 3 nitrogen and oxygen atoms in total. The number of amides is 1. The maximum atomic E-state index is 12.0. The minimum atomic E-state index is 0.252. The molecule has 1 aliphatic carbocycles. The highest BCUT2D eigenvalue weighted by Crippen LogP contribution is 2.20. The summed E-state index contributed by atoms with van der Waals surface area (Å²) >= 11 is 0. The molecule has 15 heavy (non-hydrogen) atoms. The third-order valence-corrected chi connectivity index (χ3v) is 3.70. The smallest absolute Gasteiger partial charge is 0.223 e. The molecule has 0 bridgehead atoms. The molecule has 2 fully saturated rings. The van der Waals surface area contributed by atoms with Gasteiger partial charge in [-0.2, -0.15) is 0 Å². The summed E-state index contributed by atoms with van der Waals surface area (Å²) in [7, 11) is 0. The second-order valence-electron chi connectivity index (χ2n) is 5.07. The van der Waals surface area contributed by atoms with Gasteiger partial charge in [-0.25, -0.2) is 0 Å². The zero-order valence-corrected chi connectivity index (χ0v) is 9.59. The number of hydrogen-bond acceptors (Lipinski definition) is 2. The van der Waals surface area contributed by atoms with E-state index in [9.17, 15) is 4.79 Å². The van der Waals surface area contributed by atoms with Gasteiger partial charge in [0.15, 0.2) is 0 Å². The van der Waals surface area contributed by atoms with E-state index in [0.717, 1.165) is 19.4 Å². The average molecular weight is 210 g/mol. The lowest BCUT2D eigenvalue weighted by atomic mass is 9.92. The molecule has 0 aromatic carbocycles. The van der Waals surface area contributed by atoms with Crippen LogP contribution in [0, 0.1) is 5.92 Å². The topological polar surface area (TPSA) is 41.1 Å².